The van der Waals surface area contributed by atoms with E-state index in [1.807, 2.05) is 10.5 Å². The van der Waals surface area contributed by atoms with Gasteiger partial charge in [0.25, 0.3) is 0 Å². The van der Waals surface area contributed by atoms with E-state index in [2.05, 4.69) is 18.3 Å². The van der Waals surface area contributed by atoms with E-state index in [4.69, 9.17) is 14.7 Å². The molecule has 1 aliphatic carbocycles. The SMILES string of the molecule is CCOC(=O)c1cn2cc(C3CCOC4(CC4)C3)ccc2c1CC#N. The molecule has 2 aromatic rings. The summed E-state index contributed by atoms with van der Waals surface area (Å²) >= 11 is 0. The fourth-order valence-corrected chi connectivity index (χ4v) is 3.94. The molecule has 2 aromatic heterocycles. The first-order chi connectivity index (χ1) is 12.2. The third-order valence-corrected chi connectivity index (χ3v) is 5.43. The molecule has 1 saturated carbocycles. The average Bonchev–Trinajstić information content (AvgIpc) is 3.25. The highest BCUT2D eigenvalue weighted by Crippen LogP contribution is 2.50. The van der Waals surface area contributed by atoms with Crippen LogP contribution in [0.5, 0.6) is 0 Å². The zero-order valence-corrected chi connectivity index (χ0v) is 14.5. The molecule has 0 N–H and O–H groups in total. The van der Waals surface area contributed by atoms with Crippen molar-refractivity contribution in [1.29, 1.82) is 5.26 Å². The zero-order chi connectivity index (χ0) is 17.4. The van der Waals surface area contributed by atoms with Crippen LogP contribution in [0.4, 0.5) is 0 Å². The number of carbonyl (C=O) groups excluding carboxylic acids is 1. The second-order valence-corrected chi connectivity index (χ2v) is 7.05. The quantitative estimate of drug-likeness (QED) is 0.799. The number of hydrogen-bond acceptors (Lipinski definition) is 4. The van der Waals surface area contributed by atoms with Crippen LogP contribution in [-0.4, -0.2) is 29.2 Å². The van der Waals surface area contributed by atoms with Crippen LogP contribution < -0.4 is 0 Å². The monoisotopic (exact) mass is 338 g/mol. The van der Waals surface area contributed by atoms with Crippen LogP contribution in [0.2, 0.25) is 0 Å². The molecule has 0 radical (unpaired) electrons. The van der Waals surface area contributed by atoms with E-state index in [1.54, 1.807) is 13.1 Å². The van der Waals surface area contributed by atoms with E-state index in [1.165, 1.54) is 18.4 Å². The number of pyridine rings is 1. The number of rotatable bonds is 4. The summed E-state index contributed by atoms with van der Waals surface area (Å²) in [6, 6.07) is 6.32. The Bertz CT molecular complexity index is 858. The van der Waals surface area contributed by atoms with Crippen LogP contribution in [0.3, 0.4) is 0 Å². The van der Waals surface area contributed by atoms with E-state index in [0.717, 1.165) is 30.5 Å². The van der Waals surface area contributed by atoms with E-state index < -0.39 is 0 Å². The number of ether oxygens (including phenoxy) is 2. The molecule has 1 saturated heterocycles. The summed E-state index contributed by atoms with van der Waals surface area (Å²) in [5.41, 5.74) is 3.55. The third kappa shape index (κ3) is 2.91. The summed E-state index contributed by atoms with van der Waals surface area (Å²) in [7, 11) is 0. The minimum Gasteiger partial charge on any atom is -0.462 e. The Morgan fingerprint density at radius 3 is 3.00 bits per heavy atom. The summed E-state index contributed by atoms with van der Waals surface area (Å²) < 4.78 is 13.0. The molecule has 3 heterocycles. The molecule has 1 unspecified atom stereocenters. The number of hydrogen-bond donors (Lipinski definition) is 0. The molecule has 2 aliphatic rings. The molecule has 2 fully saturated rings. The highest BCUT2D eigenvalue weighted by Gasteiger charge is 2.47. The topological polar surface area (TPSA) is 63.7 Å². The van der Waals surface area contributed by atoms with Crippen molar-refractivity contribution >= 4 is 11.5 Å². The number of aromatic nitrogens is 1. The fraction of sp³-hybridized carbons (Fsp3) is 0.500. The normalized spacial score (nSPS) is 21.2. The van der Waals surface area contributed by atoms with Gasteiger partial charge in [0.15, 0.2) is 0 Å². The van der Waals surface area contributed by atoms with Crippen molar-refractivity contribution in [3.63, 3.8) is 0 Å². The van der Waals surface area contributed by atoms with E-state index in [-0.39, 0.29) is 18.0 Å². The van der Waals surface area contributed by atoms with Gasteiger partial charge in [0, 0.05) is 24.6 Å². The van der Waals surface area contributed by atoms with Gasteiger partial charge in [-0.1, -0.05) is 6.07 Å². The average molecular weight is 338 g/mol. The largest absolute Gasteiger partial charge is 0.462 e. The Balaban J connectivity index is 1.70. The standard InChI is InChI=1S/C20H22N2O3/c1-2-24-19(23)17-13-22-12-15(3-4-18(22)16(17)5-9-21)14-6-10-25-20(11-14)7-8-20/h3-4,12-14H,2,5-8,10-11H2,1H3. The summed E-state index contributed by atoms with van der Waals surface area (Å²) in [5, 5.41) is 9.13. The summed E-state index contributed by atoms with van der Waals surface area (Å²) in [6.45, 7) is 2.93. The maximum Gasteiger partial charge on any atom is 0.340 e. The Hall–Kier alpha value is -2.32. The van der Waals surface area contributed by atoms with Crippen LogP contribution >= 0.6 is 0 Å². The van der Waals surface area contributed by atoms with E-state index in [9.17, 15) is 4.79 Å². The summed E-state index contributed by atoms with van der Waals surface area (Å²) in [4.78, 5) is 12.2. The Morgan fingerprint density at radius 1 is 1.44 bits per heavy atom. The first-order valence-electron chi connectivity index (χ1n) is 8.97. The van der Waals surface area contributed by atoms with Gasteiger partial charge in [-0.15, -0.1) is 0 Å². The van der Waals surface area contributed by atoms with Crippen molar-refractivity contribution in [3.05, 3.63) is 41.2 Å². The van der Waals surface area contributed by atoms with Gasteiger partial charge < -0.3 is 13.9 Å². The lowest BCUT2D eigenvalue weighted by Gasteiger charge is -2.30. The Morgan fingerprint density at radius 2 is 2.28 bits per heavy atom. The van der Waals surface area contributed by atoms with E-state index in [0.29, 0.717) is 18.1 Å². The van der Waals surface area contributed by atoms with Gasteiger partial charge in [0.05, 0.1) is 35.8 Å². The third-order valence-electron chi connectivity index (χ3n) is 5.43. The lowest BCUT2D eigenvalue weighted by molar-refractivity contribution is -0.0132. The molecular weight excluding hydrogens is 316 g/mol. The predicted molar refractivity (Wildman–Crippen MR) is 92.6 cm³/mol. The lowest BCUT2D eigenvalue weighted by Crippen LogP contribution is -2.26. The molecular formula is C20H22N2O3. The predicted octanol–water partition coefficient (Wildman–Crippen LogP) is 3.61. The number of nitriles is 1. The van der Waals surface area contributed by atoms with Gasteiger partial charge in [0.1, 0.15) is 0 Å². The number of fused-ring (bicyclic) bond motifs is 1. The minimum atomic E-state index is -0.360. The molecule has 5 heteroatoms. The molecule has 0 aromatic carbocycles. The molecule has 0 bridgehead atoms. The van der Waals surface area contributed by atoms with Gasteiger partial charge in [-0.05, 0) is 50.2 Å². The molecule has 0 amide bonds. The van der Waals surface area contributed by atoms with Crippen molar-refractivity contribution in [2.75, 3.05) is 13.2 Å². The molecule has 1 atom stereocenters. The first kappa shape index (κ1) is 16.2. The van der Waals surface area contributed by atoms with Crippen LogP contribution in [0, 0.1) is 11.3 Å². The molecule has 1 aliphatic heterocycles. The maximum absolute atomic E-state index is 12.2. The van der Waals surface area contributed by atoms with Crippen molar-refractivity contribution in [2.24, 2.45) is 0 Å². The second kappa shape index (κ2) is 6.20. The smallest absolute Gasteiger partial charge is 0.340 e. The molecule has 1 spiro atoms. The van der Waals surface area contributed by atoms with Gasteiger partial charge in [-0.3, -0.25) is 0 Å². The number of esters is 1. The fourth-order valence-electron chi connectivity index (χ4n) is 3.94. The summed E-state index contributed by atoms with van der Waals surface area (Å²) in [5.74, 6) is 0.134. The van der Waals surface area contributed by atoms with Gasteiger partial charge in [0.2, 0.25) is 0 Å². The highest BCUT2D eigenvalue weighted by molar-refractivity contribution is 5.94. The van der Waals surface area contributed by atoms with E-state index >= 15 is 0 Å². The second-order valence-electron chi connectivity index (χ2n) is 7.05. The van der Waals surface area contributed by atoms with Gasteiger partial charge in [-0.2, -0.15) is 5.26 Å². The first-order valence-corrected chi connectivity index (χ1v) is 8.97. The highest BCUT2D eigenvalue weighted by atomic mass is 16.5. The van der Waals surface area contributed by atoms with Gasteiger partial charge >= 0.3 is 5.97 Å². The zero-order valence-electron chi connectivity index (χ0n) is 14.5. The maximum atomic E-state index is 12.2. The minimum absolute atomic E-state index is 0.136. The Kier molecular flexibility index (Phi) is 4.01. The summed E-state index contributed by atoms with van der Waals surface area (Å²) in [6.07, 6.45) is 8.56. The molecule has 4 rings (SSSR count). The molecule has 25 heavy (non-hydrogen) atoms. The van der Waals surface area contributed by atoms with Gasteiger partial charge in [-0.25, -0.2) is 4.79 Å². The lowest BCUT2D eigenvalue weighted by atomic mass is 9.88. The van der Waals surface area contributed by atoms with Crippen molar-refractivity contribution in [1.82, 2.24) is 4.40 Å². The van der Waals surface area contributed by atoms with Crippen LogP contribution in [0.1, 0.15) is 60.0 Å². The van der Waals surface area contributed by atoms with Crippen molar-refractivity contribution in [3.8, 4) is 6.07 Å². The van der Waals surface area contributed by atoms with Crippen molar-refractivity contribution < 1.29 is 14.3 Å². The number of carbonyl (C=O) groups is 1. The molecule has 130 valence electrons. The van der Waals surface area contributed by atoms with Crippen LogP contribution in [0.15, 0.2) is 24.5 Å². The number of nitrogens with zero attached hydrogens (tertiary/aromatic N) is 2. The van der Waals surface area contributed by atoms with Crippen LogP contribution in [0.25, 0.3) is 5.52 Å². The van der Waals surface area contributed by atoms with Crippen molar-refractivity contribution in [2.45, 2.75) is 50.5 Å². The molecule has 5 nitrogen and oxygen atoms in total. The Labute approximate surface area is 147 Å². The van der Waals surface area contributed by atoms with Crippen LogP contribution in [-0.2, 0) is 15.9 Å².